The summed E-state index contributed by atoms with van der Waals surface area (Å²) in [6.45, 7) is 5.67. The summed E-state index contributed by atoms with van der Waals surface area (Å²) in [5.41, 5.74) is 6.03. The van der Waals surface area contributed by atoms with E-state index in [1.54, 1.807) is 16.7 Å². The molecular weight excluding hydrogens is 469 g/mol. The molecule has 11 nitrogen and oxygen atoms in total. The number of aromatic amines is 1. The van der Waals surface area contributed by atoms with Crippen LogP contribution < -0.4 is 21.5 Å². The number of carbonyl (C=O) groups is 1. The highest BCUT2D eigenvalue weighted by Crippen LogP contribution is 2.28. The van der Waals surface area contributed by atoms with E-state index >= 15 is 0 Å². The Morgan fingerprint density at radius 3 is 2.49 bits per heavy atom. The van der Waals surface area contributed by atoms with E-state index in [1.165, 1.54) is 6.20 Å². The minimum Gasteiger partial charge on any atom is -0.379 e. The third kappa shape index (κ3) is 7.36. The first-order chi connectivity index (χ1) is 16.5. The fraction of sp³-hybridized carbons (Fsp3) is 0.571. The summed E-state index contributed by atoms with van der Waals surface area (Å²) < 4.78 is 43.6. The normalized spacial score (nSPS) is 16.2. The van der Waals surface area contributed by atoms with E-state index in [2.05, 4.69) is 25.5 Å². The molecule has 35 heavy (non-hydrogen) atoms. The number of piperazine rings is 1. The van der Waals surface area contributed by atoms with Crippen LogP contribution in [-0.2, 0) is 15.7 Å². The summed E-state index contributed by atoms with van der Waals surface area (Å²) >= 11 is 0. The van der Waals surface area contributed by atoms with Gasteiger partial charge in [0.1, 0.15) is 0 Å². The molecule has 4 N–H and O–H groups in total. The second kappa shape index (κ2) is 11.4. The van der Waals surface area contributed by atoms with Crippen molar-refractivity contribution >= 4 is 17.5 Å². The molecule has 0 spiro atoms. The summed E-state index contributed by atoms with van der Waals surface area (Å²) in [5, 5.41) is 9.27. The summed E-state index contributed by atoms with van der Waals surface area (Å²) in [7, 11) is 0. The molecule has 1 aliphatic heterocycles. The van der Waals surface area contributed by atoms with E-state index in [1.807, 2.05) is 6.92 Å². The standard InChI is InChI=1S/C21H29F3N8O3/c1-13(29-17-10-28-30-19(34)14(17)2)11-35-12-16(25)7-18(33)31-3-5-32(6-4-31)20-26-8-15(9-27-20)21(22,23)24/h8-10,13,16H,3-7,11-12,25H2,1-2H3,(H2,29,30,34)/t13-,16-/m0/s1. The number of alkyl halides is 3. The van der Waals surface area contributed by atoms with Gasteiger partial charge in [-0.25, -0.2) is 15.1 Å². The Balaban J connectivity index is 1.37. The zero-order valence-electron chi connectivity index (χ0n) is 19.5. The van der Waals surface area contributed by atoms with Crippen LogP contribution in [0.1, 0.15) is 24.5 Å². The third-order valence-corrected chi connectivity index (χ3v) is 5.52. The first-order valence-electron chi connectivity index (χ1n) is 11.1. The average Bonchev–Trinajstić information content (AvgIpc) is 2.81. The van der Waals surface area contributed by atoms with Gasteiger partial charge < -0.3 is 25.6 Å². The number of amides is 1. The van der Waals surface area contributed by atoms with Crippen molar-refractivity contribution in [1.82, 2.24) is 25.1 Å². The van der Waals surface area contributed by atoms with Gasteiger partial charge in [0, 0.05) is 62.6 Å². The Bertz CT molecular complexity index is 1040. The van der Waals surface area contributed by atoms with Gasteiger partial charge in [-0.3, -0.25) is 9.59 Å². The molecule has 0 aliphatic carbocycles. The zero-order valence-corrected chi connectivity index (χ0v) is 19.5. The lowest BCUT2D eigenvalue weighted by atomic mass is 10.2. The number of hydrogen-bond donors (Lipinski definition) is 3. The molecule has 3 rings (SSSR count). The first-order valence-corrected chi connectivity index (χ1v) is 11.1. The van der Waals surface area contributed by atoms with Crippen LogP contribution in [0.15, 0.2) is 23.4 Å². The Morgan fingerprint density at radius 1 is 1.20 bits per heavy atom. The average molecular weight is 499 g/mol. The number of anilines is 2. The zero-order chi connectivity index (χ0) is 25.6. The van der Waals surface area contributed by atoms with Crippen molar-refractivity contribution < 1.29 is 22.7 Å². The van der Waals surface area contributed by atoms with Crippen LogP contribution in [0, 0.1) is 6.92 Å². The number of nitrogens with zero attached hydrogens (tertiary/aromatic N) is 5. The molecular formula is C21H29F3N8O3. The van der Waals surface area contributed by atoms with Gasteiger partial charge in [0.2, 0.25) is 11.9 Å². The molecule has 2 aromatic heterocycles. The molecule has 0 aromatic carbocycles. The minimum atomic E-state index is -4.49. The Morgan fingerprint density at radius 2 is 1.86 bits per heavy atom. The first kappa shape index (κ1) is 26.3. The highest BCUT2D eigenvalue weighted by Gasteiger charge is 2.32. The lowest BCUT2D eigenvalue weighted by Crippen LogP contribution is -2.50. The predicted molar refractivity (Wildman–Crippen MR) is 122 cm³/mol. The number of hydrogen-bond acceptors (Lipinski definition) is 9. The second-order valence-electron chi connectivity index (χ2n) is 8.42. The quantitative estimate of drug-likeness (QED) is 0.457. The van der Waals surface area contributed by atoms with Crippen molar-refractivity contribution in [2.24, 2.45) is 5.73 Å². The van der Waals surface area contributed by atoms with E-state index in [-0.39, 0.29) is 36.5 Å². The number of ether oxygens (including phenoxy) is 1. The fourth-order valence-electron chi connectivity index (χ4n) is 3.51. The van der Waals surface area contributed by atoms with Gasteiger partial charge in [0.25, 0.3) is 5.56 Å². The molecule has 1 amide bonds. The van der Waals surface area contributed by atoms with Crippen molar-refractivity contribution in [3.63, 3.8) is 0 Å². The van der Waals surface area contributed by atoms with Crippen molar-refractivity contribution in [1.29, 1.82) is 0 Å². The van der Waals surface area contributed by atoms with Crippen molar-refractivity contribution in [2.45, 2.75) is 38.5 Å². The number of nitrogens with one attached hydrogen (secondary N) is 2. The SMILES string of the molecule is Cc1c(N[C@@H](C)COC[C@@H](N)CC(=O)N2CCN(c3ncc(C(F)(F)F)cn3)CC2)cn[nH]c1=O. The molecule has 1 saturated heterocycles. The summed E-state index contributed by atoms with van der Waals surface area (Å²) in [5.74, 6) is 0.0782. The smallest absolute Gasteiger partial charge is 0.379 e. The largest absolute Gasteiger partial charge is 0.419 e. The molecule has 192 valence electrons. The maximum atomic E-state index is 12.7. The van der Waals surface area contributed by atoms with Crippen molar-refractivity contribution in [2.75, 3.05) is 49.6 Å². The van der Waals surface area contributed by atoms with Crippen LogP contribution in [0.2, 0.25) is 0 Å². The van der Waals surface area contributed by atoms with E-state index in [9.17, 15) is 22.8 Å². The van der Waals surface area contributed by atoms with Crippen molar-refractivity contribution in [3.05, 3.63) is 40.1 Å². The molecule has 1 aliphatic rings. The maximum absolute atomic E-state index is 12.7. The molecule has 0 unspecified atom stereocenters. The topological polar surface area (TPSA) is 142 Å². The minimum absolute atomic E-state index is 0.107. The summed E-state index contributed by atoms with van der Waals surface area (Å²) in [4.78, 5) is 35.2. The molecule has 0 radical (unpaired) electrons. The van der Waals surface area contributed by atoms with Gasteiger partial charge >= 0.3 is 6.18 Å². The molecule has 0 saturated carbocycles. The summed E-state index contributed by atoms with van der Waals surface area (Å²) in [6, 6.07) is -0.602. The van der Waals surface area contributed by atoms with Gasteiger partial charge in [-0.1, -0.05) is 0 Å². The van der Waals surface area contributed by atoms with E-state index < -0.39 is 17.8 Å². The molecule has 14 heteroatoms. The van der Waals surface area contributed by atoms with Gasteiger partial charge in [-0.05, 0) is 13.8 Å². The van der Waals surface area contributed by atoms with Crippen molar-refractivity contribution in [3.8, 4) is 0 Å². The van der Waals surface area contributed by atoms with Gasteiger partial charge in [0.15, 0.2) is 0 Å². The lowest BCUT2D eigenvalue weighted by Gasteiger charge is -2.35. The highest BCUT2D eigenvalue weighted by atomic mass is 19.4. The summed E-state index contributed by atoms with van der Waals surface area (Å²) in [6.07, 6.45) is -1.34. The third-order valence-electron chi connectivity index (χ3n) is 5.52. The van der Waals surface area contributed by atoms with E-state index in [4.69, 9.17) is 10.5 Å². The van der Waals surface area contributed by atoms with Gasteiger partial charge in [-0.15, -0.1) is 0 Å². The number of halogens is 3. The van der Waals surface area contributed by atoms with Crippen LogP contribution in [-0.4, -0.2) is 82.4 Å². The van der Waals surface area contributed by atoms with E-state index in [0.29, 0.717) is 44.0 Å². The van der Waals surface area contributed by atoms with Crippen LogP contribution in [0.5, 0.6) is 0 Å². The molecule has 2 aromatic rings. The number of carbonyl (C=O) groups excluding carboxylic acids is 1. The van der Waals surface area contributed by atoms with Crippen LogP contribution >= 0.6 is 0 Å². The van der Waals surface area contributed by atoms with Gasteiger partial charge in [-0.2, -0.15) is 18.3 Å². The van der Waals surface area contributed by atoms with E-state index in [0.717, 1.165) is 12.4 Å². The fourth-order valence-corrected chi connectivity index (χ4v) is 3.51. The number of rotatable bonds is 9. The maximum Gasteiger partial charge on any atom is 0.419 e. The monoisotopic (exact) mass is 498 g/mol. The van der Waals surface area contributed by atoms with Crippen LogP contribution in [0.4, 0.5) is 24.8 Å². The molecule has 3 heterocycles. The second-order valence-corrected chi connectivity index (χ2v) is 8.42. The molecule has 2 atom stereocenters. The van der Waals surface area contributed by atoms with Gasteiger partial charge in [0.05, 0.1) is 30.7 Å². The Hall–Kier alpha value is -3.26. The van der Waals surface area contributed by atoms with Crippen LogP contribution in [0.3, 0.4) is 0 Å². The Kier molecular flexibility index (Phi) is 8.62. The highest BCUT2D eigenvalue weighted by molar-refractivity contribution is 5.77. The number of aromatic nitrogens is 4. The number of nitrogens with two attached hydrogens (primary N) is 1. The Labute approximate surface area is 199 Å². The van der Waals surface area contributed by atoms with Crippen LogP contribution in [0.25, 0.3) is 0 Å². The number of H-pyrrole nitrogens is 1. The molecule has 0 bridgehead atoms. The molecule has 1 fully saturated rings. The predicted octanol–water partition coefficient (Wildman–Crippen LogP) is 0.770. The lowest BCUT2D eigenvalue weighted by molar-refractivity contribution is -0.138.